The molecule has 0 bridgehead atoms. The molecule has 2 aromatic rings. The van der Waals surface area contributed by atoms with E-state index in [0.29, 0.717) is 10.9 Å². The van der Waals surface area contributed by atoms with Crippen molar-refractivity contribution in [3.05, 3.63) is 48.3 Å². The van der Waals surface area contributed by atoms with Crippen molar-refractivity contribution in [1.82, 2.24) is 9.97 Å². The zero-order valence-corrected chi connectivity index (χ0v) is 12.2. The number of nitrogens with one attached hydrogen (secondary N) is 1. The molecule has 0 aliphatic rings. The first-order valence-corrected chi connectivity index (χ1v) is 7.55. The van der Waals surface area contributed by atoms with Crippen molar-refractivity contribution in [2.75, 3.05) is 11.1 Å². The summed E-state index contributed by atoms with van der Waals surface area (Å²) in [5.41, 5.74) is 2.11. The van der Waals surface area contributed by atoms with E-state index in [9.17, 15) is 4.79 Å². The Morgan fingerprint density at radius 1 is 1.20 bits per heavy atom. The highest BCUT2D eigenvalue weighted by Gasteiger charge is 2.05. The second-order valence-corrected chi connectivity index (χ2v) is 5.26. The monoisotopic (exact) mass is 287 g/mol. The van der Waals surface area contributed by atoms with Gasteiger partial charge >= 0.3 is 0 Å². The number of aryl methyl sites for hydroxylation is 1. The molecule has 0 unspecified atom stereocenters. The summed E-state index contributed by atoms with van der Waals surface area (Å²) in [5, 5.41) is 3.48. The number of hydrogen-bond acceptors (Lipinski definition) is 4. The highest BCUT2D eigenvalue weighted by atomic mass is 32.2. The van der Waals surface area contributed by atoms with Crippen LogP contribution in [-0.4, -0.2) is 21.6 Å². The Morgan fingerprint density at radius 2 is 1.90 bits per heavy atom. The molecule has 1 heterocycles. The molecule has 1 aromatic heterocycles. The van der Waals surface area contributed by atoms with Crippen LogP contribution in [0.5, 0.6) is 0 Å². The Morgan fingerprint density at radius 3 is 2.55 bits per heavy atom. The summed E-state index contributed by atoms with van der Waals surface area (Å²) in [6.07, 6.45) is 5.52. The van der Waals surface area contributed by atoms with Crippen molar-refractivity contribution in [3.8, 4) is 0 Å². The number of amides is 1. The van der Waals surface area contributed by atoms with E-state index in [-0.39, 0.29) is 5.91 Å². The van der Waals surface area contributed by atoms with E-state index >= 15 is 0 Å². The van der Waals surface area contributed by atoms with E-state index in [1.807, 2.05) is 24.3 Å². The number of benzene rings is 1. The predicted molar refractivity (Wildman–Crippen MR) is 81.8 cm³/mol. The molecule has 0 saturated heterocycles. The second-order valence-electron chi connectivity index (χ2n) is 4.32. The number of aromatic nitrogens is 2. The Kier molecular flexibility index (Phi) is 5.55. The van der Waals surface area contributed by atoms with Gasteiger partial charge in [-0.25, -0.2) is 9.97 Å². The molecule has 0 atom stereocenters. The predicted octanol–water partition coefficient (Wildman–Crippen LogP) is 3.16. The summed E-state index contributed by atoms with van der Waals surface area (Å²) in [7, 11) is 0. The lowest BCUT2D eigenvalue weighted by Gasteiger charge is -2.05. The van der Waals surface area contributed by atoms with Gasteiger partial charge in [0.05, 0.1) is 5.75 Å². The summed E-state index contributed by atoms with van der Waals surface area (Å²) in [6.45, 7) is 2.15. The highest BCUT2D eigenvalue weighted by molar-refractivity contribution is 7.99. The first-order chi connectivity index (χ1) is 9.78. The van der Waals surface area contributed by atoms with Gasteiger partial charge in [-0.3, -0.25) is 4.79 Å². The Hall–Kier alpha value is -1.88. The molecule has 0 aliphatic heterocycles. The third-order valence-corrected chi connectivity index (χ3v) is 3.53. The average molecular weight is 287 g/mol. The third kappa shape index (κ3) is 4.66. The number of thioether (sulfide) groups is 1. The van der Waals surface area contributed by atoms with Gasteiger partial charge in [-0.1, -0.05) is 37.2 Å². The van der Waals surface area contributed by atoms with Crippen LogP contribution in [0.1, 0.15) is 18.9 Å². The van der Waals surface area contributed by atoms with Crippen molar-refractivity contribution < 1.29 is 4.79 Å². The normalized spacial score (nSPS) is 10.2. The van der Waals surface area contributed by atoms with Gasteiger partial charge in [-0.05, 0) is 30.2 Å². The fourth-order valence-electron chi connectivity index (χ4n) is 1.73. The van der Waals surface area contributed by atoms with E-state index in [0.717, 1.165) is 18.5 Å². The molecule has 2 rings (SSSR count). The fourth-order valence-corrected chi connectivity index (χ4v) is 2.33. The van der Waals surface area contributed by atoms with Gasteiger partial charge in [0, 0.05) is 18.1 Å². The molecule has 5 heteroatoms. The first-order valence-electron chi connectivity index (χ1n) is 6.56. The minimum atomic E-state index is -0.0503. The molecule has 0 aliphatic carbocycles. The van der Waals surface area contributed by atoms with Crippen LogP contribution >= 0.6 is 11.8 Å². The van der Waals surface area contributed by atoms with Gasteiger partial charge in [0.25, 0.3) is 0 Å². The van der Waals surface area contributed by atoms with E-state index in [2.05, 4.69) is 22.2 Å². The fraction of sp³-hybridized carbons (Fsp3) is 0.267. The maximum absolute atomic E-state index is 11.8. The summed E-state index contributed by atoms with van der Waals surface area (Å²) >= 11 is 1.32. The van der Waals surface area contributed by atoms with E-state index in [1.165, 1.54) is 17.3 Å². The van der Waals surface area contributed by atoms with E-state index < -0.39 is 0 Å². The van der Waals surface area contributed by atoms with Crippen LogP contribution in [0.2, 0.25) is 0 Å². The van der Waals surface area contributed by atoms with Crippen molar-refractivity contribution in [2.24, 2.45) is 0 Å². The first kappa shape index (κ1) is 14.5. The molecule has 4 nitrogen and oxygen atoms in total. The quantitative estimate of drug-likeness (QED) is 0.655. The molecule has 0 fully saturated rings. The minimum Gasteiger partial charge on any atom is -0.325 e. The molecule has 1 aromatic carbocycles. The SMILES string of the molecule is CCCc1ccc(NC(=O)CSc2ncccn2)cc1. The molecule has 1 N–H and O–H groups in total. The topological polar surface area (TPSA) is 54.9 Å². The Balaban J connectivity index is 1.82. The van der Waals surface area contributed by atoms with Crippen molar-refractivity contribution >= 4 is 23.4 Å². The van der Waals surface area contributed by atoms with Gasteiger partial charge < -0.3 is 5.32 Å². The van der Waals surface area contributed by atoms with Crippen LogP contribution in [0.4, 0.5) is 5.69 Å². The summed E-state index contributed by atoms with van der Waals surface area (Å²) < 4.78 is 0. The third-order valence-electron chi connectivity index (χ3n) is 2.65. The van der Waals surface area contributed by atoms with Gasteiger partial charge in [0.2, 0.25) is 5.91 Å². The average Bonchev–Trinajstić information content (AvgIpc) is 2.49. The second kappa shape index (κ2) is 7.65. The molecular weight excluding hydrogens is 270 g/mol. The standard InChI is InChI=1S/C15H17N3OS/c1-2-4-12-5-7-13(8-6-12)18-14(19)11-20-15-16-9-3-10-17-15/h3,5-10H,2,4,11H2,1H3,(H,18,19). The van der Waals surface area contributed by atoms with Crippen molar-refractivity contribution in [1.29, 1.82) is 0 Å². The number of anilines is 1. The lowest BCUT2D eigenvalue weighted by atomic mass is 10.1. The molecule has 0 radical (unpaired) electrons. The minimum absolute atomic E-state index is 0.0503. The van der Waals surface area contributed by atoms with E-state index in [4.69, 9.17) is 0 Å². The number of hydrogen-bond donors (Lipinski definition) is 1. The lowest BCUT2D eigenvalue weighted by Crippen LogP contribution is -2.14. The molecule has 20 heavy (non-hydrogen) atoms. The van der Waals surface area contributed by atoms with Crippen LogP contribution in [-0.2, 0) is 11.2 Å². The molecule has 0 saturated carbocycles. The van der Waals surface area contributed by atoms with Gasteiger partial charge in [-0.2, -0.15) is 0 Å². The Labute approximate surface area is 123 Å². The smallest absolute Gasteiger partial charge is 0.234 e. The zero-order valence-electron chi connectivity index (χ0n) is 11.4. The van der Waals surface area contributed by atoms with Gasteiger partial charge in [-0.15, -0.1) is 0 Å². The van der Waals surface area contributed by atoms with Crippen LogP contribution in [0.3, 0.4) is 0 Å². The van der Waals surface area contributed by atoms with Crippen LogP contribution in [0.25, 0.3) is 0 Å². The van der Waals surface area contributed by atoms with Gasteiger partial charge in [0.1, 0.15) is 0 Å². The number of nitrogens with zero attached hydrogens (tertiary/aromatic N) is 2. The van der Waals surface area contributed by atoms with Crippen LogP contribution < -0.4 is 5.32 Å². The molecule has 104 valence electrons. The molecular formula is C15H17N3OS. The summed E-state index contributed by atoms with van der Waals surface area (Å²) in [6, 6.07) is 9.72. The van der Waals surface area contributed by atoms with Crippen LogP contribution in [0, 0.1) is 0 Å². The number of carbonyl (C=O) groups excluding carboxylic acids is 1. The van der Waals surface area contributed by atoms with Crippen LogP contribution in [0.15, 0.2) is 47.9 Å². The zero-order chi connectivity index (χ0) is 14.2. The van der Waals surface area contributed by atoms with E-state index in [1.54, 1.807) is 18.5 Å². The largest absolute Gasteiger partial charge is 0.325 e. The number of carbonyl (C=O) groups is 1. The van der Waals surface area contributed by atoms with Crippen molar-refractivity contribution in [3.63, 3.8) is 0 Å². The maximum Gasteiger partial charge on any atom is 0.234 e. The van der Waals surface area contributed by atoms with Gasteiger partial charge in [0.15, 0.2) is 5.16 Å². The maximum atomic E-state index is 11.8. The van der Waals surface area contributed by atoms with Crippen molar-refractivity contribution in [2.45, 2.75) is 24.9 Å². The summed E-state index contributed by atoms with van der Waals surface area (Å²) in [5.74, 6) is 0.256. The molecule has 1 amide bonds. The Bertz CT molecular complexity index is 543. The highest BCUT2D eigenvalue weighted by Crippen LogP contribution is 2.14. The summed E-state index contributed by atoms with van der Waals surface area (Å²) in [4.78, 5) is 19.9. The molecule has 0 spiro atoms. The lowest BCUT2D eigenvalue weighted by molar-refractivity contribution is -0.113. The number of rotatable bonds is 6.